The highest BCUT2D eigenvalue weighted by Crippen LogP contribution is 2.38. The lowest BCUT2D eigenvalue weighted by Crippen LogP contribution is -2.16. The van der Waals surface area contributed by atoms with Gasteiger partial charge >= 0.3 is 5.97 Å². The molecule has 5 heteroatoms. The fourth-order valence-electron chi connectivity index (χ4n) is 2.30. The molecule has 1 N–H and O–H groups in total. The summed E-state index contributed by atoms with van der Waals surface area (Å²) >= 11 is 0. The second-order valence-corrected chi connectivity index (χ2v) is 6.57. The lowest BCUT2D eigenvalue weighted by molar-refractivity contribution is -0.144. The number of ether oxygens (including phenoxy) is 1. The fraction of sp³-hybridized carbons (Fsp3) is 0.500. The molecular weight excluding hydrogens is 294 g/mol. The molecule has 1 aromatic rings. The van der Waals surface area contributed by atoms with Gasteiger partial charge in [0.2, 0.25) is 5.91 Å². The topological polar surface area (TPSA) is 72.5 Å². The molecule has 1 fully saturated rings. The largest absolute Gasteiger partial charge is 0.457 e. The summed E-state index contributed by atoms with van der Waals surface area (Å²) in [4.78, 5) is 35.3. The second-order valence-electron chi connectivity index (χ2n) is 6.57. The van der Waals surface area contributed by atoms with Gasteiger partial charge in [0.1, 0.15) is 0 Å². The van der Waals surface area contributed by atoms with Gasteiger partial charge in [-0.05, 0) is 42.5 Å². The van der Waals surface area contributed by atoms with Crippen LogP contribution in [-0.2, 0) is 14.3 Å². The van der Waals surface area contributed by atoms with E-state index in [-0.39, 0.29) is 30.2 Å². The highest BCUT2D eigenvalue weighted by atomic mass is 16.5. The standard InChI is InChI=1S/C18H23NO4/c1-11(2)8-17(21)19-14-6-4-13(5-7-14)16(20)10-23-18(22)15-9-12(15)3/h4-7,11-12,15H,8-10H2,1-3H3,(H,19,21)/t12-,15+/m0/s1. The van der Waals surface area contributed by atoms with Crippen molar-refractivity contribution >= 4 is 23.3 Å². The van der Waals surface area contributed by atoms with Gasteiger partial charge < -0.3 is 10.1 Å². The number of carbonyl (C=O) groups is 3. The van der Waals surface area contributed by atoms with Crippen LogP contribution < -0.4 is 5.32 Å². The summed E-state index contributed by atoms with van der Waals surface area (Å²) in [6, 6.07) is 6.61. The Bertz CT molecular complexity index is 592. The molecule has 0 bridgehead atoms. The first-order chi connectivity index (χ1) is 10.9. The second kappa shape index (κ2) is 7.40. The summed E-state index contributed by atoms with van der Waals surface area (Å²) in [5.74, 6) is 0.0362. The van der Waals surface area contributed by atoms with Crippen LogP contribution in [0.4, 0.5) is 5.69 Å². The van der Waals surface area contributed by atoms with E-state index in [0.717, 1.165) is 6.42 Å². The minimum atomic E-state index is -0.289. The third-order valence-corrected chi connectivity index (χ3v) is 3.84. The number of hydrogen-bond acceptors (Lipinski definition) is 4. The molecule has 0 aromatic heterocycles. The molecule has 0 heterocycles. The number of hydrogen-bond donors (Lipinski definition) is 1. The van der Waals surface area contributed by atoms with E-state index in [4.69, 9.17) is 4.74 Å². The molecule has 1 amide bonds. The number of Topliss-reactive ketones (excluding diaryl/α,β-unsaturated/α-hetero) is 1. The summed E-state index contributed by atoms with van der Waals surface area (Å²) < 4.78 is 5.03. The van der Waals surface area contributed by atoms with Crippen molar-refractivity contribution in [2.75, 3.05) is 11.9 Å². The van der Waals surface area contributed by atoms with Crippen LogP contribution in [-0.4, -0.2) is 24.3 Å². The summed E-state index contributed by atoms with van der Waals surface area (Å²) in [6.45, 7) is 5.71. The van der Waals surface area contributed by atoms with Crippen molar-refractivity contribution in [3.05, 3.63) is 29.8 Å². The highest BCUT2D eigenvalue weighted by Gasteiger charge is 2.40. The van der Waals surface area contributed by atoms with Crippen LogP contribution in [0, 0.1) is 17.8 Å². The average Bonchev–Trinajstić information content (AvgIpc) is 3.21. The van der Waals surface area contributed by atoms with Gasteiger partial charge in [-0.3, -0.25) is 14.4 Å². The maximum atomic E-state index is 12.0. The summed E-state index contributed by atoms with van der Waals surface area (Å²) in [5.41, 5.74) is 1.11. The predicted molar refractivity (Wildman–Crippen MR) is 87.1 cm³/mol. The molecule has 1 aromatic carbocycles. The van der Waals surface area contributed by atoms with Gasteiger partial charge in [-0.2, -0.15) is 0 Å². The fourth-order valence-corrected chi connectivity index (χ4v) is 2.30. The number of anilines is 1. The smallest absolute Gasteiger partial charge is 0.309 e. The van der Waals surface area contributed by atoms with Crippen LogP contribution in [0.15, 0.2) is 24.3 Å². The number of amides is 1. The highest BCUT2D eigenvalue weighted by molar-refractivity contribution is 5.99. The van der Waals surface area contributed by atoms with Gasteiger partial charge in [-0.25, -0.2) is 0 Å². The summed E-state index contributed by atoms with van der Waals surface area (Å²) in [6.07, 6.45) is 1.30. The van der Waals surface area contributed by atoms with E-state index in [9.17, 15) is 14.4 Å². The van der Waals surface area contributed by atoms with Crippen LogP contribution in [0.25, 0.3) is 0 Å². The summed E-state index contributed by atoms with van der Waals surface area (Å²) in [5, 5.41) is 2.78. The molecule has 124 valence electrons. The van der Waals surface area contributed by atoms with Crippen molar-refractivity contribution in [1.82, 2.24) is 0 Å². The molecule has 2 rings (SSSR count). The third kappa shape index (κ3) is 5.20. The molecule has 1 aliphatic rings. The van der Waals surface area contributed by atoms with E-state index < -0.39 is 0 Å². The number of esters is 1. The van der Waals surface area contributed by atoms with E-state index in [2.05, 4.69) is 5.32 Å². The number of benzene rings is 1. The van der Waals surface area contributed by atoms with E-state index >= 15 is 0 Å². The molecule has 1 aliphatic carbocycles. The maximum Gasteiger partial charge on any atom is 0.309 e. The Kier molecular flexibility index (Phi) is 5.53. The molecule has 23 heavy (non-hydrogen) atoms. The Balaban J connectivity index is 1.82. The minimum absolute atomic E-state index is 0.0404. The first-order valence-electron chi connectivity index (χ1n) is 7.96. The number of carbonyl (C=O) groups excluding carboxylic acids is 3. The van der Waals surface area contributed by atoms with Gasteiger partial charge in [0.25, 0.3) is 0 Å². The van der Waals surface area contributed by atoms with Crippen LogP contribution in [0.5, 0.6) is 0 Å². The number of ketones is 1. The molecule has 0 aliphatic heterocycles. The zero-order valence-corrected chi connectivity index (χ0v) is 13.8. The molecule has 1 saturated carbocycles. The molecule has 0 unspecified atom stereocenters. The zero-order valence-electron chi connectivity index (χ0n) is 13.8. The lowest BCUT2D eigenvalue weighted by atomic mass is 10.1. The van der Waals surface area contributed by atoms with Gasteiger partial charge in [0.05, 0.1) is 5.92 Å². The first-order valence-corrected chi connectivity index (χ1v) is 7.96. The molecule has 5 nitrogen and oxygen atoms in total. The van der Waals surface area contributed by atoms with E-state index in [1.807, 2.05) is 20.8 Å². The average molecular weight is 317 g/mol. The predicted octanol–water partition coefficient (Wildman–Crippen LogP) is 3.05. The normalized spacial score (nSPS) is 19.3. The third-order valence-electron chi connectivity index (χ3n) is 3.84. The van der Waals surface area contributed by atoms with Crippen molar-refractivity contribution in [2.45, 2.75) is 33.6 Å². The SMILES string of the molecule is CC(C)CC(=O)Nc1ccc(C(=O)COC(=O)[C@@H]2C[C@@H]2C)cc1. The molecule has 2 atom stereocenters. The van der Waals surface area contributed by atoms with E-state index in [1.165, 1.54) is 0 Å². The maximum absolute atomic E-state index is 12.0. The van der Waals surface area contributed by atoms with Gasteiger partial charge in [-0.15, -0.1) is 0 Å². The zero-order chi connectivity index (χ0) is 17.0. The van der Waals surface area contributed by atoms with Crippen LogP contribution in [0.1, 0.15) is 44.0 Å². The molecular formula is C18H23NO4. The van der Waals surface area contributed by atoms with Crippen LogP contribution in [0.3, 0.4) is 0 Å². The number of nitrogens with one attached hydrogen (secondary N) is 1. The van der Waals surface area contributed by atoms with Crippen molar-refractivity contribution in [3.63, 3.8) is 0 Å². The molecule has 0 spiro atoms. The Labute approximate surface area is 136 Å². The molecule has 0 radical (unpaired) electrons. The quantitative estimate of drug-likeness (QED) is 0.619. The van der Waals surface area contributed by atoms with Crippen LogP contribution in [0.2, 0.25) is 0 Å². The Morgan fingerprint density at radius 1 is 1.22 bits per heavy atom. The Hall–Kier alpha value is -2.17. The van der Waals surface area contributed by atoms with E-state index in [0.29, 0.717) is 29.5 Å². The van der Waals surface area contributed by atoms with Gasteiger partial charge in [0, 0.05) is 17.7 Å². The van der Waals surface area contributed by atoms with Crippen molar-refractivity contribution < 1.29 is 19.1 Å². The lowest BCUT2D eigenvalue weighted by Gasteiger charge is -2.08. The Morgan fingerprint density at radius 2 is 1.83 bits per heavy atom. The van der Waals surface area contributed by atoms with E-state index in [1.54, 1.807) is 24.3 Å². The molecule has 0 saturated heterocycles. The van der Waals surface area contributed by atoms with Crippen molar-refractivity contribution in [1.29, 1.82) is 0 Å². The van der Waals surface area contributed by atoms with Crippen LogP contribution >= 0.6 is 0 Å². The van der Waals surface area contributed by atoms with Crippen molar-refractivity contribution in [2.24, 2.45) is 17.8 Å². The van der Waals surface area contributed by atoms with Gasteiger partial charge in [0.15, 0.2) is 12.4 Å². The monoisotopic (exact) mass is 317 g/mol. The number of rotatable bonds is 7. The first kappa shape index (κ1) is 17.2. The summed E-state index contributed by atoms with van der Waals surface area (Å²) in [7, 11) is 0. The van der Waals surface area contributed by atoms with Gasteiger partial charge in [-0.1, -0.05) is 20.8 Å². The minimum Gasteiger partial charge on any atom is -0.457 e. The van der Waals surface area contributed by atoms with Crippen molar-refractivity contribution in [3.8, 4) is 0 Å². The Morgan fingerprint density at radius 3 is 2.35 bits per heavy atom.